The predicted octanol–water partition coefficient (Wildman–Crippen LogP) is 2.32. The van der Waals surface area contributed by atoms with Crippen LogP contribution in [0.5, 0.6) is 0 Å². The van der Waals surface area contributed by atoms with E-state index in [1.54, 1.807) is 0 Å². The molecule has 18 heavy (non-hydrogen) atoms. The molecule has 0 aromatic carbocycles. The Hall–Kier alpha value is -0.870. The fourth-order valence-corrected chi connectivity index (χ4v) is 2.32. The van der Waals surface area contributed by atoms with Gasteiger partial charge in [0.05, 0.1) is 18.8 Å². The molecule has 1 unspecified atom stereocenters. The van der Waals surface area contributed by atoms with Crippen molar-refractivity contribution in [1.29, 1.82) is 0 Å². The van der Waals surface area contributed by atoms with Gasteiger partial charge in [0.15, 0.2) is 0 Å². The maximum Gasteiger partial charge on any atom is 0.0672 e. The van der Waals surface area contributed by atoms with Gasteiger partial charge in [-0.05, 0) is 33.7 Å². The average molecular weight is 253 g/mol. The van der Waals surface area contributed by atoms with E-state index in [0.717, 1.165) is 32.6 Å². The van der Waals surface area contributed by atoms with E-state index in [-0.39, 0.29) is 0 Å². The van der Waals surface area contributed by atoms with Crippen LogP contribution in [0, 0.1) is 0 Å². The second kappa shape index (κ2) is 7.54. The highest BCUT2D eigenvalue weighted by molar-refractivity contribution is 5.30. The lowest BCUT2D eigenvalue weighted by molar-refractivity contribution is 0.135. The SMILES string of the molecule is CCOCCn1nc(CC)c(C(C)NC)c1CC. The van der Waals surface area contributed by atoms with Crippen molar-refractivity contribution < 1.29 is 4.74 Å². The normalized spacial score (nSPS) is 12.9. The zero-order valence-electron chi connectivity index (χ0n) is 12.4. The zero-order chi connectivity index (χ0) is 13.5. The molecule has 1 N–H and O–H groups in total. The van der Waals surface area contributed by atoms with Gasteiger partial charge in [-0.3, -0.25) is 4.68 Å². The first-order valence-corrected chi connectivity index (χ1v) is 7.02. The summed E-state index contributed by atoms with van der Waals surface area (Å²) < 4.78 is 7.55. The Morgan fingerprint density at radius 1 is 1.28 bits per heavy atom. The molecule has 1 aromatic heterocycles. The molecule has 0 aliphatic heterocycles. The first kappa shape index (κ1) is 15.2. The third-order valence-electron chi connectivity index (χ3n) is 3.36. The molecule has 4 heteroatoms. The topological polar surface area (TPSA) is 39.1 Å². The standard InChI is InChI=1S/C14H27N3O/c1-6-12-14(11(4)15-5)13(7-2)17(16-12)9-10-18-8-3/h11,15H,6-10H2,1-5H3. The Kier molecular flexibility index (Phi) is 6.36. The minimum atomic E-state index is 0.357. The molecule has 0 aliphatic rings. The van der Waals surface area contributed by atoms with Crippen molar-refractivity contribution in [2.45, 2.75) is 53.1 Å². The Bertz CT molecular complexity index is 360. The van der Waals surface area contributed by atoms with Crippen LogP contribution in [0.15, 0.2) is 0 Å². The van der Waals surface area contributed by atoms with E-state index < -0.39 is 0 Å². The van der Waals surface area contributed by atoms with Crippen LogP contribution in [0.3, 0.4) is 0 Å². The third kappa shape index (κ3) is 3.33. The highest BCUT2D eigenvalue weighted by Gasteiger charge is 2.19. The van der Waals surface area contributed by atoms with Gasteiger partial charge >= 0.3 is 0 Å². The van der Waals surface area contributed by atoms with E-state index in [0.29, 0.717) is 6.04 Å². The van der Waals surface area contributed by atoms with Crippen LogP contribution in [-0.4, -0.2) is 30.0 Å². The first-order valence-electron chi connectivity index (χ1n) is 7.02. The molecule has 0 fully saturated rings. The molecule has 1 aromatic rings. The van der Waals surface area contributed by atoms with E-state index in [9.17, 15) is 0 Å². The molecule has 0 spiro atoms. The molecule has 1 rings (SSSR count). The molecule has 1 atom stereocenters. The van der Waals surface area contributed by atoms with Crippen LogP contribution in [0.2, 0.25) is 0 Å². The first-order chi connectivity index (χ1) is 8.69. The smallest absolute Gasteiger partial charge is 0.0672 e. The molecule has 0 aliphatic carbocycles. The Morgan fingerprint density at radius 3 is 2.50 bits per heavy atom. The van der Waals surface area contributed by atoms with E-state index in [1.165, 1.54) is 17.0 Å². The molecule has 0 radical (unpaired) electrons. The van der Waals surface area contributed by atoms with Gasteiger partial charge < -0.3 is 10.1 Å². The molecular formula is C14H27N3O. The van der Waals surface area contributed by atoms with Crippen molar-refractivity contribution >= 4 is 0 Å². The van der Waals surface area contributed by atoms with E-state index in [1.807, 2.05) is 14.0 Å². The Morgan fingerprint density at radius 2 is 2.00 bits per heavy atom. The van der Waals surface area contributed by atoms with Gasteiger partial charge in [0, 0.05) is 23.9 Å². The van der Waals surface area contributed by atoms with Crippen molar-refractivity contribution in [2.75, 3.05) is 20.3 Å². The van der Waals surface area contributed by atoms with Gasteiger partial charge in [-0.15, -0.1) is 0 Å². The van der Waals surface area contributed by atoms with E-state index in [4.69, 9.17) is 9.84 Å². The van der Waals surface area contributed by atoms with Crippen molar-refractivity contribution in [3.8, 4) is 0 Å². The maximum absolute atomic E-state index is 5.43. The highest BCUT2D eigenvalue weighted by atomic mass is 16.5. The molecule has 104 valence electrons. The lowest BCUT2D eigenvalue weighted by Gasteiger charge is -2.13. The predicted molar refractivity (Wildman–Crippen MR) is 75.0 cm³/mol. The van der Waals surface area contributed by atoms with Gasteiger partial charge in [-0.2, -0.15) is 5.10 Å². The Balaban J connectivity index is 3.00. The summed E-state index contributed by atoms with van der Waals surface area (Å²) in [5, 5.41) is 8.06. The van der Waals surface area contributed by atoms with Gasteiger partial charge in [-0.1, -0.05) is 13.8 Å². The number of hydrogen-bond acceptors (Lipinski definition) is 3. The van der Waals surface area contributed by atoms with Crippen LogP contribution in [0.1, 0.15) is 50.7 Å². The molecule has 0 saturated heterocycles. The number of nitrogens with one attached hydrogen (secondary N) is 1. The summed E-state index contributed by atoms with van der Waals surface area (Å²) in [5.74, 6) is 0. The van der Waals surface area contributed by atoms with Crippen molar-refractivity contribution in [3.05, 3.63) is 17.0 Å². The summed E-state index contributed by atoms with van der Waals surface area (Å²) in [5.41, 5.74) is 3.93. The summed E-state index contributed by atoms with van der Waals surface area (Å²) in [6.45, 7) is 10.9. The summed E-state index contributed by atoms with van der Waals surface area (Å²) in [6, 6.07) is 0.357. The Labute approximate surface area is 111 Å². The lowest BCUT2D eigenvalue weighted by Crippen LogP contribution is -2.16. The minimum Gasteiger partial charge on any atom is -0.380 e. The zero-order valence-corrected chi connectivity index (χ0v) is 12.4. The van der Waals surface area contributed by atoms with Crippen LogP contribution in [0.25, 0.3) is 0 Å². The minimum absolute atomic E-state index is 0.357. The number of aromatic nitrogens is 2. The second-order valence-electron chi connectivity index (χ2n) is 4.44. The highest BCUT2D eigenvalue weighted by Crippen LogP contribution is 2.23. The van der Waals surface area contributed by atoms with Crippen LogP contribution in [-0.2, 0) is 24.1 Å². The quantitative estimate of drug-likeness (QED) is 0.723. The summed E-state index contributed by atoms with van der Waals surface area (Å²) in [7, 11) is 2.00. The second-order valence-corrected chi connectivity index (χ2v) is 4.44. The monoisotopic (exact) mass is 253 g/mol. The van der Waals surface area contributed by atoms with E-state index >= 15 is 0 Å². The summed E-state index contributed by atoms with van der Waals surface area (Å²) in [6.07, 6.45) is 2.00. The number of nitrogens with zero attached hydrogens (tertiary/aromatic N) is 2. The van der Waals surface area contributed by atoms with Crippen LogP contribution >= 0.6 is 0 Å². The number of aryl methyl sites for hydroxylation is 1. The summed E-state index contributed by atoms with van der Waals surface area (Å²) >= 11 is 0. The van der Waals surface area contributed by atoms with E-state index in [2.05, 4.69) is 30.8 Å². The molecule has 1 heterocycles. The van der Waals surface area contributed by atoms with Gasteiger partial charge in [0.1, 0.15) is 0 Å². The van der Waals surface area contributed by atoms with Gasteiger partial charge in [-0.25, -0.2) is 0 Å². The fraction of sp³-hybridized carbons (Fsp3) is 0.786. The number of rotatable bonds is 8. The van der Waals surface area contributed by atoms with Crippen molar-refractivity contribution in [3.63, 3.8) is 0 Å². The summed E-state index contributed by atoms with van der Waals surface area (Å²) in [4.78, 5) is 0. The molecule has 0 amide bonds. The van der Waals surface area contributed by atoms with Gasteiger partial charge in [0.25, 0.3) is 0 Å². The largest absolute Gasteiger partial charge is 0.380 e. The van der Waals surface area contributed by atoms with Crippen LogP contribution < -0.4 is 5.32 Å². The average Bonchev–Trinajstić information content (AvgIpc) is 2.75. The van der Waals surface area contributed by atoms with Gasteiger partial charge in [0.2, 0.25) is 0 Å². The molecule has 0 saturated carbocycles. The third-order valence-corrected chi connectivity index (χ3v) is 3.36. The number of hydrogen-bond donors (Lipinski definition) is 1. The molecule has 0 bridgehead atoms. The van der Waals surface area contributed by atoms with Crippen molar-refractivity contribution in [2.24, 2.45) is 0 Å². The maximum atomic E-state index is 5.43. The van der Waals surface area contributed by atoms with Crippen molar-refractivity contribution in [1.82, 2.24) is 15.1 Å². The molecular weight excluding hydrogens is 226 g/mol. The fourth-order valence-electron chi connectivity index (χ4n) is 2.32. The lowest BCUT2D eigenvalue weighted by atomic mass is 10.0. The van der Waals surface area contributed by atoms with Crippen LogP contribution in [0.4, 0.5) is 0 Å². The number of ether oxygens (including phenoxy) is 1. The molecule has 4 nitrogen and oxygen atoms in total.